The third kappa shape index (κ3) is 2.71. The molecule has 1 atom stereocenters. The Morgan fingerprint density at radius 2 is 2.25 bits per heavy atom. The Morgan fingerprint density at radius 1 is 1.50 bits per heavy atom. The molecule has 90 valence electrons. The molecule has 1 aliphatic carbocycles. The zero-order valence-corrected chi connectivity index (χ0v) is 10.1. The maximum absolute atomic E-state index is 11.9. The molecule has 3 nitrogen and oxygen atoms in total. The Balaban J connectivity index is 2.72. The van der Waals surface area contributed by atoms with Gasteiger partial charge < -0.3 is 4.74 Å². The predicted octanol–water partition coefficient (Wildman–Crippen LogP) is 2.65. The van der Waals surface area contributed by atoms with Crippen molar-refractivity contribution in [3.8, 4) is 0 Å². The number of ether oxygens (including phenoxy) is 1. The molecule has 0 aromatic rings. The lowest BCUT2D eigenvalue weighted by atomic mass is 9.68. The van der Waals surface area contributed by atoms with E-state index >= 15 is 0 Å². The average Bonchev–Trinajstić information content (AvgIpc) is 2.26. The van der Waals surface area contributed by atoms with Crippen LogP contribution < -0.4 is 0 Å². The van der Waals surface area contributed by atoms with Gasteiger partial charge in [0.1, 0.15) is 11.6 Å². The Labute approximate surface area is 96.9 Å². The topological polar surface area (TPSA) is 43.4 Å². The lowest BCUT2D eigenvalue weighted by molar-refractivity contribution is -0.141. The third-order valence-corrected chi connectivity index (χ3v) is 3.29. The number of Topliss-reactive ketones (excluding diaryl/α,β-unsaturated/α-hetero) is 2. The summed E-state index contributed by atoms with van der Waals surface area (Å²) in [5.74, 6) is 0.103. The largest absolute Gasteiger partial charge is 0.502 e. The van der Waals surface area contributed by atoms with Gasteiger partial charge >= 0.3 is 0 Å². The number of hydrogen-bond donors (Lipinski definition) is 0. The van der Waals surface area contributed by atoms with Crippen LogP contribution in [0.4, 0.5) is 0 Å². The Bertz CT molecular complexity index is 294. The van der Waals surface area contributed by atoms with Gasteiger partial charge in [-0.05, 0) is 39.2 Å². The zero-order chi connectivity index (χ0) is 12.0. The SMILES string of the molecule is CCO/C=C\CC1(C(C)=O)CCCCC1=O. The summed E-state index contributed by atoms with van der Waals surface area (Å²) in [7, 11) is 0. The zero-order valence-electron chi connectivity index (χ0n) is 10.1. The van der Waals surface area contributed by atoms with Crippen LogP contribution in [0.15, 0.2) is 12.3 Å². The average molecular weight is 224 g/mol. The summed E-state index contributed by atoms with van der Waals surface area (Å²) < 4.78 is 5.08. The van der Waals surface area contributed by atoms with Crippen molar-refractivity contribution in [1.29, 1.82) is 0 Å². The Kier molecular flexibility index (Phi) is 4.71. The minimum Gasteiger partial charge on any atom is -0.502 e. The Morgan fingerprint density at radius 3 is 2.81 bits per heavy atom. The normalized spacial score (nSPS) is 26.0. The van der Waals surface area contributed by atoms with E-state index in [1.54, 1.807) is 12.3 Å². The molecule has 1 rings (SSSR count). The molecule has 0 bridgehead atoms. The van der Waals surface area contributed by atoms with Crippen molar-refractivity contribution >= 4 is 11.6 Å². The van der Waals surface area contributed by atoms with E-state index in [1.807, 2.05) is 6.92 Å². The van der Waals surface area contributed by atoms with Gasteiger partial charge in [0.25, 0.3) is 0 Å². The second kappa shape index (κ2) is 5.83. The summed E-state index contributed by atoms with van der Waals surface area (Å²) in [4.78, 5) is 23.6. The first kappa shape index (κ1) is 12.9. The molecule has 1 aliphatic rings. The summed E-state index contributed by atoms with van der Waals surface area (Å²) in [6, 6.07) is 0. The van der Waals surface area contributed by atoms with Crippen LogP contribution >= 0.6 is 0 Å². The fraction of sp³-hybridized carbons (Fsp3) is 0.692. The molecule has 0 saturated heterocycles. The number of rotatable bonds is 5. The van der Waals surface area contributed by atoms with E-state index in [-0.39, 0.29) is 11.6 Å². The van der Waals surface area contributed by atoms with E-state index < -0.39 is 5.41 Å². The van der Waals surface area contributed by atoms with Gasteiger partial charge in [-0.25, -0.2) is 0 Å². The molecule has 1 fully saturated rings. The van der Waals surface area contributed by atoms with Crippen molar-refractivity contribution < 1.29 is 14.3 Å². The summed E-state index contributed by atoms with van der Waals surface area (Å²) in [6.07, 6.45) is 7.00. The summed E-state index contributed by atoms with van der Waals surface area (Å²) >= 11 is 0. The molecule has 0 aromatic carbocycles. The van der Waals surface area contributed by atoms with Crippen molar-refractivity contribution in [3.05, 3.63) is 12.3 Å². The maximum Gasteiger partial charge on any atom is 0.146 e. The van der Waals surface area contributed by atoms with Crippen molar-refractivity contribution in [2.45, 2.75) is 46.0 Å². The van der Waals surface area contributed by atoms with Gasteiger partial charge in [-0.1, -0.05) is 6.42 Å². The van der Waals surface area contributed by atoms with E-state index in [2.05, 4.69) is 0 Å². The second-order valence-corrected chi connectivity index (χ2v) is 4.30. The minimum atomic E-state index is -0.758. The van der Waals surface area contributed by atoms with E-state index in [9.17, 15) is 9.59 Å². The number of ketones is 2. The highest BCUT2D eigenvalue weighted by Gasteiger charge is 2.42. The van der Waals surface area contributed by atoms with Crippen molar-refractivity contribution in [2.75, 3.05) is 6.61 Å². The lowest BCUT2D eigenvalue weighted by Crippen LogP contribution is -2.40. The van der Waals surface area contributed by atoms with Gasteiger partial charge in [0, 0.05) is 6.42 Å². The minimum absolute atomic E-state index is 0.00153. The van der Waals surface area contributed by atoms with Crippen LogP contribution in [0.5, 0.6) is 0 Å². The van der Waals surface area contributed by atoms with Gasteiger partial charge in [0.2, 0.25) is 0 Å². The molecule has 1 saturated carbocycles. The monoisotopic (exact) mass is 224 g/mol. The molecule has 0 aliphatic heterocycles. The molecule has 0 N–H and O–H groups in total. The van der Waals surface area contributed by atoms with Crippen LogP contribution in [-0.4, -0.2) is 18.2 Å². The molecular formula is C13H20O3. The van der Waals surface area contributed by atoms with E-state index in [4.69, 9.17) is 4.74 Å². The van der Waals surface area contributed by atoms with Crippen molar-refractivity contribution in [1.82, 2.24) is 0 Å². The first-order chi connectivity index (χ1) is 7.63. The van der Waals surface area contributed by atoms with Gasteiger partial charge in [-0.15, -0.1) is 0 Å². The highest BCUT2D eigenvalue weighted by atomic mass is 16.5. The van der Waals surface area contributed by atoms with Gasteiger partial charge in [-0.3, -0.25) is 9.59 Å². The van der Waals surface area contributed by atoms with Crippen LogP contribution in [-0.2, 0) is 14.3 Å². The quantitative estimate of drug-likeness (QED) is 0.532. The molecule has 3 heteroatoms. The molecule has 0 radical (unpaired) electrons. The molecule has 1 unspecified atom stereocenters. The van der Waals surface area contributed by atoms with Crippen LogP contribution in [0, 0.1) is 5.41 Å². The number of allylic oxidation sites excluding steroid dienone is 1. The Hall–Kier alpha value is -1.12. The van der Waals surface area contributed by atoms with E-state index in [0.717, 1.165) is 12.8 Å². The van der Waals surface area contributed by atoms with E-state index in [0.29, 0.717) is 25.9 Å². The molecule has 0 aromatic heterocycles. The molecule has 0 spiro atoms. The van der Waals surface area contributed by atoms with E-state index in [1.165, 1.54) is 6.92 Å². The molecular weight excluding hydrogens is 204 g/mol. The van der Waals surface area contributed by atoms with Crippen LogP contribution in [0.3, 0.4) is 0 Å². The smallest absolute Gasteiger partial charge is 0.146 e. The number of hydrogen-bond acceptors (Lipinski definition) is 3. The maximum atomic E-state index is 11.9. The van der Waals surface area contributed by atoms with Crippen LogP contribution in [0.25, 0.3) is 0 Å². The number of carbonyl (C=O) groups is 2. The van der Waals surface area contributed by atoms with Crippen LogP contribution in [0.1, 0.15) is 46.0 Å². The fourth-order valence-electron chi connectivity index (χ4n) is 2.24. The lowest BCUT2D eigenvalue weighted by Gasteiger charge is -2.32. The summed E-state index contributed by atoms with van der Waals surface area (Å²) in [6.45, 7) is 4.03. The highest BCUT2D eigenvalue weighted by molar-refractivity contribution is 6.06. The van der Waals surface area contributed by atoms with Crippen molar-refractivity contribution in [3.63, 3.8) is 0 Å². The van der Waals surface area contributed by atoms with Crippen molar-refractivity contribution in [2.24, 2.45) is 5.41 Å². The molecule has 0 heterocycles. The highest BCUT2D eigenvalue weighted by Crippen LogP contribution is 2.37. The van der Waals surface area contributed by atoms with Gasteiger partial charge in [-0.2, -0.15) is 0 Å². The van der Waals surface area contributed by atoms with Gasteiger partial charge in [0.15, 0.2) is 0 Å². The standard InChI is InChI=1S/C13H20O3/c1-3-16-10-6-9-13(11(2)14)8-5-4-7-12(13)15/h6,10H,3-5,7-9H2,1-2H3/b10-6-. The summed E-state index contributed by atoms with van der Waals surface area (Å²) in [5, 5.41) is 0. The summed E-state index contributed by atoms with van der Waals surface area (Å²) in [5.41, 5.74) is -0.758. The third-order valence-electron chi connectivity index (χ3n) is 3.29. The first-order valence-electron chi connectivity index (χ1n) is 5.94. The molecule has 0 amide bonds. The number of carbonyl (C=O) groups excluding carboxylic acids is 2. The van der Waals surface area contributed by atoms with Gasteiger partial charge in [0.05, 0.1) is 18.3 Å². The molecule has 16 heavy (non-hydrogen) atoms. The predicted molar refractivity (Wildman–Crippen MR) is 62.0 cm³/mol. The second-order valence-electron chi connectivity index (χ2n) is 4.30. The first-order valence-corrected chi connectivity index (χ1v) is 5.94. The van der Waals surface area contributed by atoms with Crippen LogP contribution in [0.2, 0.25) is 0 Å². The fourth-order valence-corrected chi connectivity index (χ4v) is 2.24.